The number of carbonyl (C=O) groups excluding carboxylic acids is 2. The van der Waals surface area contributed by atoms with Crippen LogP contribution in [0.5, 0.6) is 0 Å². The van der Waals surface area contributed by atoms with E-state index >= 15 is 0 Å². The second kappa shape index (κ2) is 10.00. The smallest absolute Gasteiger partial charge is 0.264 e. The number of benzene rings is 1. The maximum Gasteiger partial charge on any atom is 0.264 e. The third-order valence-corrected chi connectivity index (χ3v) is 3.88. The van der Waals surface area contributed by atoms with E-state index in [1.54, 1.807) is 13.0 Å². The average Bonchev–Trinajstić information content (AvgIpc) is 2.53. The van der Waals surface area contributed by atoms with Crippen molar-refractivity contribution in [3.8, 4) is 0 Å². The molecule has 0 radical (unpaired) electrons. The van der Waals surface area contributed by atoms with E-state index < -0.39 is 16.2 Å². The van der Waals surface area contributed by atoms with Gasteiger partial charge in [-0.2, -0.15) is 8.42 Å². The average molecular weight is 353 g/mol. The summed E-state index contributed by atoms with van der Waals surface area (Å²) in [5, 5.41) is 0. The Morgan fingerprint density at radius 1 is 1.29 bits per heavy atom. The van der Waals surface area contributed by atoms with E-state index in [0.29, 0.717) is 25.7 Å². The van der Waals surface area contributed by atoms with E-state index in [2.05, 4.69) is 4.18 Å². The van der Waals surface area contributed by atoms with Crippen molar-refractivity contribution in [3.05, 3.63) is 48.0 Å². The van der Waals surface area contributed by atoms with Crippen LogP contribution in [0.15, 0.2) is 42.5 Å². The minimum atomic E-state index is -3.50. The molecule has 0 spiro atoms. The largest absolute Gasteiger partial charge is 0.325 e. The zero-order chi connectivity index (χ0) is 18.0. The molecule has 1 unspecified atom stereocenters. The molecule has 1 aromatic rings. The molecule has 0 saturated carbocycles. The lowest BCUT2D eigenvalue weighted by atomic mass is 10.1. The Hall–Kier alpha value is -1.99. The molecule has 24 heavy (non-hydrogen) atoms. The number of aldehydes is 1. The van der Waals surface area contributed by atoms with Crippen LogP contribution in [-0.2, 0) is 30.4 Å². The highest BCUT2D eigenvalue weighted by atomic mass is 32.2. The van der Waals surface area contributed by atoms with Gasteiger partial charge in [0.2, 0.25) is 5.91 Å². The number of carbonyl (C=O) groups is 2. The van der Waals surface area contributed by atoms with E-state index in [1.807, 2.05) is 30.3 Å². The molecule has 1 aromatic carbocycles. The quantitative estimate of drug-likeness (QED) is 0.278. The molecule has 0 aliphatic carbocycles. The fraction of sp³-hybridized carbons (Fsp3) is 0.412. The van der Waals surface area contributed by atoms with Gasteiger partial charge in [0.1, 0.15) is 6.29 Å². The molecule has 132 valence electrons. The first-order chi connectivity index (χ1) is 11.4. The summed E-state index contributed by atoms with van der Waals surface area (Å²) in [5.41, 5.74) is 0.912. The standard InChI is InChI=1S/C17H23NO5S/c1-3-8-17(20)18(13-15-9-5-4-6-10-15)16(14-19)11-7-12-23-24(2,21)22/h3-6,8-10,14,16H,7,11-13H2,1-2H3/b8-3-. The Bertz CT molecular complexity index is 655. The van der Waals surface area contributed by atoms with Crippen molar-refractivity contribution in [3.63, 3.8) is 0 Å². The summed E-state index contributed by atoms with van der Waals surface area (Å²) < 4.78 is 26.6. The van der Waals surface area contributed by atoms with Crippen molar-refractivity contribution in [2.45, 2.75) is 32.4 Å². The molecular formula is C17H23NO5S. The fourth-order valence-corrected chi connectivity index (χ4v) is 2.60. The molecular weight excluding hydrogens is 330 g/mol. The normalized spacial score (nSPS) is 12.9. The van der Waals surface area contributed by atoms with Crippen LogP contribution in [0.2, 0.25) is 0 Å². The van der Waals surface area contributed by atoms with Gasteiger partial charge in [0.05, 0.1) is 18.9 Å². The van der Waals surface area contributed by atoms with Gasteiger partial charge in [-0.3, -0.25) is 8.98 Å². The van der Waals surface area contributed by atoms with Crippen molar-refractivity contribution in [2.75, 3.05) is 12.9 Å². The first-order valence-electron chi connectivity index (χ1n) is 7.64. The molecule has 0 aromatic heterocycles. The molecule has 6 nitrogen and oxygen atoms in total. The lowest BCUT2D eigenvalue weighted by Crippen LogP contribution is -2.40. The number of hydrogen-bond acceptors (Lipinski definition) is 5. The Kier molecular flexibility index (Phi) is 8.35. The number of rotatable bonds is 10. The summed E-state index contributed by atoms with van der Waals surface area (Å²) in [5.74, 6) is -0.262. The second-order valence-electron chi connectivity index (χ2n) is 5.32. The summed E-state index contributed by atoms with van der Waals surface area (Å²) in [6.45, 7) is 2.02. The molecule has 7 heteroatoms. The van der Waals surface area contributed by atoms with Crippen LogP contribution in [-0.4, -0.2) is 44.4 Å². The van der Waals surface area contributed by atoms with Crippen molar-refractivity contribution in [2.24, 2.45) is 0 Å². The molecule has 0 fully saturated rings. The fourth-order valence-electron chi connectivity index (χ4n) is 2.18. The van der Waals surface area contributed by atoms with Crippen LogP contribution >= 0.6 is 0 Å². The Balaban J connectivity index is 2.78. The number of nitrogens with zero attached hydrogens (tertiary/aromatic N) is 1. The third-order valence-electron chi connectivity index (χ3n) is 3.29. The molecule has 1 rings (SSSR count). The lowest BCUT2D eigenvalue weighted by molar-refractivity contribution is -0.132. The van der Waals surface area contributed by atoms with Gasteiger partial charge in [-0.15, -0.1) is 0 Å². The highest BCUT2D eigenvalue weighted by Gasteiger charge is 2.21. The van der Waals surface area contributed by atoms with E-state index in [-0.39, 0.29) is 12.5 Å². The van der Waals surface area contributed by atoms with Crippen LogP contribution in [0.25, 0.3) is 0 Å². The molecule has 0 aliphatic rings. The number of amides is 1. The molecule has 0 heterocycles. The van der Waals surface area contributed by atoms with Crippen molar-refractivity contribution >= 4 is 22.3 Å². The number of hydrogen-bond donors (Lipinski definition) is 0. The molecule has 1 atom stereocenters. The third kappa shape index (κ3) is 7.52. The van der Waals surface area contributed by atoms with Crippen LogP contribution in [0, 0.1) is 0 Å². The van der Waals surface area contributed by atoms with Gasteiger partial charge in [0.15, 0.2) is 0 Å². The number of allylic oxidation sites excluding steroid dienone is 1. The van der Waals surface area contributed by atoms with Crippen LogP contribution in [0.4, 0.5) is 0 Å². The first kappa shape index (κ1) is 20.1. The summed E-state index contributed by atoms with van der Waals surface area (Å²) in [6, 6.07) is 8.72. The topological polar surface area (TPSA) is 80.8 Å². The maximum atomic E-state index is 12.3. The Labute approximate surface area is 143 Å². The molecule has 1 amide bonds. The Morgan fingerprint density at radius 2 is 1.96 bits per heavy atom. The predicted octanol–water partition coefficient (Wildman–Crippen LogP) is 1.92. The van der Waals surface area contributed by atoms with Crippen LogP contribution < -0.4 is 0 Å². The summed E-state index contributed by atoms with van der Waals surface area (Å²) >= 11 is 0. The predicted molar refractivity (Wildman–Crippen MR) is 91.7 cm³/mol. The zero-order valence-electron chi connectivity index (χ0n) is 13.9. The molecule has 0 aliphatic heterocycles. The van der Waals surface area contributed by atoms with Gasteiger partial charge in [-0.1, -0.05) is 36.4 Å². The second-order valence-corrected chi connectivity index (χ2v) is 6.97. The van der Waals surface area contributed by atoms with Gasteiger partial charge in [-0.25, -0.2) is 0 Å². The molecule has 0 N–H and O–H groups in total. The van der Waals surface area contributed by atoms with Crippen molar-refractivity contribution < 1.29 is 22.2 Å². The van der Waals surface area contributed by atoms with E-state index in [1.165, 1.54) is 11.0 Å². The summed E-state index contributed by atoms with van der Waals surface area (Å²) in [7, 11) is -3.50. The summed E-state index contributed by atoms with van der Waals surface area (Å²) in [6.07, 6.45) is 5.40. The van der Waals surface area contributed by atoms with Crippen LogP contribution in [0.3, 0.4) is 0 Å². The van der Waals surface area contributed by atoms with Gasteiger partial charge in [0, 0.05) is 6.54 Å². The molecule has 0 bridgehead atoms. The van der Waals surface area contributed by atoms with Crippen molar-refractivity contribution in [1.82, 2.24) is 4.90 Å². The minimum Gasteiger partial charge on any atom is -0.325 e. The lowest BCUT2D eigenvalue weighted by Gasteiger charge is -2.27. The van der Waals surface area contributed by atoms with Gasteiger partial charge in [0.25, 0.3) is 10.1 Å². The van der Waals surface area contributed by atoms with Gasteiger partial charge < -0.3 is 9.69 Å². The van der Waals surface area contributed by atoms with E-state index in [0.717, 1.165) is 11.8 Å². The maximum absolute atomic E-state index is 12.3. The highest BCUT2D eigenvalue weighted by molar-refractivity contribution is 7.85. The van der Waals surface area contributed by atoms with Gasteiger partial charge >= 0.3 is 0 Å². The Morgan fingerprint density at radius 3 is 2.50 bits per heavy atom. The van der Waals surface area contributed by atoms with Gasteiger partial charge in [-0.05, 0) is 31.4 Å². The summed E-state index contributed by atoms with van der Waals surface area (Å²) in [4.78, 5) is 25.2. The molecule has 0 saturated heterocycles. The van der Waals surface area contributed by atoms with Crippen LogP contribution in [0.1, 0.15) is 25.3 Å². The zero-order valence-corrected chi connectivity index (χ0v) is 14.7. The highest BCUT2D eigenvalue weighted by Crippen LogP contribution is 2.13. The van der Waals surface area contributed by atoms with Crippen molar-refractivity contribution in [1.29, 1.82) is 0 Å². The SMILES string of the molecule is C/C=C\C(=O)N(Cc1ccccc1)C(C=O)CCCOS(C)(=O)=O. The van der Waals surface area contributed by atoms with E-state index in [4.69, 9.17) is 0 Å². The first-order valence-corrected chi connectivity index (χ1v) is 9.46. The van der Waals surface area contributed by atoms with E-state index in [9.17, 15) is 18.0 Å². The monoisotopic (exact) mass is 353 g/mol. The minimum absolute atomic E-state index is 0.0137.